The van der Waals surface area contributed by atoms with Gasteiger partial charge in [-0.1, -0.05) is 77.9 Å². The minimum atomic E-state index is 1.14. The standard InChI is InChI=1S/C27H26/c1-19-12-20(2)14-25(13-19)23-10-7-11-24(17-23)27-16-21(3)15-26(18-27)22-8-5-4-6-9-22/h5,7-18H,4,6H2,1-3H3. The Bertz CT molecular complexity index is 1030. The molecule has 0 aromatic heterocycles. The van der Waals surface area contributed by atoms with Gasteiger partial charge in [-0.15, -0.1) is 0 Å². The Morgan fingerprint density at radius 2 is 1.11 bits per heavy atom. The van der Waals surface area contributed by atoms with E-state index in [9.17, 15) is 0 Å². The molecule has 3 aromatic carbocycles. The van der Waals surface area contributed by atoms with E-state index >= 15 is 0 Å². The third-order valence-corrected chi connectivity index (χ3v) is 5.16. The van der Waals surface area contributed by atoms with E-state index in [0.717, 1.165) is 12.8 Å². The Morgan fingerprint density at radius 1 is 0.556 bits per heavy atom. The summed E-state index contributed by atoms with van der Waals surface area (Å²) in [4.78, 5) is 0. The number of hydrogen-bond acceptors (Lipinski definition) is 0. The van der Waals surface area contributed by atoms with Gasteiger partial charge in [-0.3, -0.25) is 0 Å². The van der Waals surface area contributed by atoms with Gasteiger partial charge in [-0.2, -0.15) is 0 Å². The molecule has 3 aromatic rings. The average Bonchev–Trinajstić information content (AvgIpc) is 2.67. The smallest absolute Gasteiger partial charge is 0.0175 e. The quantitative estimate of drug-likeness (QED) is 0.454. The van der Waals surface area contributed by atoms with Crippen LogP contribution in [-0.2, 0) is 0 Å². The second-order valence-corrected chi connectivity index (χ2v) is 7.68. The van der Waals surface area contributed by atoms with Crippen molar-refractivity contribution < 1.29 is 0 Å². The van der Waals surface area contributed by atoms with Crippen LogP contribution in [0, 0.1) is 20.8 Å². The number of allylic oxidation sites excluding steroid dienone is 4. The topological polar surface area (TPSA) is 0 Å². The molecule has 0 unspecified atom stereocenters. The second kappa shape index (κ2) is 7.40. The van der Waals surface area contributed by atoms with Crippen molar-refractivity contribution in [3.05, 3.63) is 101 Å². The minimum absolute atomic E-state index is 1.14. The number of hydrogen-bond donors (Lipinski definition) is 0. The average molecular weight is 351 g/mol. The maximum absolute atomic E-state index is 2.35. The molecule has 1 aliphatic rings. The van der Waals surface area contributed by atoms with E-state index < -0.39 is 0 Å². The first-order valence-corrected chi connectivity index (χ1v) is 9.76. The number of rotatable bonds is 3. The van der Waals surface area contributed by atoms with E-state index in [1.54, 1.807) is 0 Å². The maximum Gasteiger partial charge on any atom is -0.0175 e. The molecule has 1 aliphatic carbocycles. The van der Waals surface area contributed by atoms with Gasteiger partial charge < -0.3 is 0 Å². The molecule has 0 bridgehead atoms. The summed E-state index contributed by atoms with van der Waals surface area (Å²) in [5.41, 5.74) is 11.7. The van der Waals surface area contributed by atoms with E-state index in [2.05, 4.69) is 99.7 Å². The van der Waals surface area contributed by atoms with Gasteiger partial charge in [0.25, 0.3) is 0 Å². The Hall–Kier alpha value is -2.86. The summed E-state index contributed by atoms with van der Waals surface area (Å²) in [5, 5.41) is 0. The molecule has 0 atom stereocenters. The molecule has 0 saturated heterocycles. The molecule has 0 nitrogen and oxygen atoms in total. The molecule has 4 rings (SSSR count). The highest BCUT2D eigenvalue weighted by Gasteiger charge is 2.07. The van der Waals surface area contributed by atoms with Crippen LogP contribution >= 0.6 is 0 Å². The lowest BCUT2D eigenvalue weighted by Crippen LogP contribution is -1.90. The summed E-state index contributed by atoms with van der Waals surface area (Å²) in [6.45, 7) is 6.52. The van der Waals surface area contributed by atoms with Crippen molar-refractivity contribution in [2.45, 2.75) is 33.6 Å². The number of benzene rings is 3. The molecule has 0 saturated carbocycles. The second-order valence-electron chi connectivity index (χ2n) is 7.68. The third kappa shape index (κ3) is 3.95. The van der Waals surface area contributed by atoms with Crippen LogP contribution in [0.25, 0.3) is 27.8 Å². The lowest BCUT2D eigenvalue weighted by Gasteiger charge is -2.12. The van der Waals surface area contributed by atoms with Gasteiger partial charge in [0.2, 0.25) is 0 Å². The van der Waals surface area contributed by atoms with Gasteiger partial charge in [0.15, 0.2) is 0 Å². The fourth-order valence-corrected chi connectivity index (χ4v) is 3.96. The highest BCUT2D eigenvalue weighted by atomic mass is 14.1. The molecule has 27 heavy (non-hydrogen) atoms. The summed E-state index contributed by atoms with van der Waals surface area (Å²) in [7, 11) is 0. The number of aryl methyl sites for hydroxylation is 3. The van der Waals surface area contributed by atoms with Crippen LogP contribution in [0.1, 0.15) is 35.1 Å². The first-order valence-electron chi connectivity index (χ1n) is 9.76. The molecular weight excluding hydrogens is 324 g/mol. The van der Waals surface area contributed by atoms with Gasteiger partial charge in [-0.25, -0.2) is 0 Å². The van der Waals surface area contributed by atoms with Crippen LogP contribution in [0.3, 0.4) is 0 Å². The molecule has 0 N–H and O–H groups in total. The van der Waals surface area contributed by atoms with Crippen molar-refractivity contribution in [3.63, 3.8) is 0 Å². The van der Waals surface area contributed by atoms with Gasteiger partial charge in [0, 0.05) is 0 Å². The molecule has 134 valence electrons. The monoisotopic (exact) mass is 350 g/mol. The molecular formula is C27H26. The zero-order valence-corrected chi connectivity index (χ0v) is 16.4. The molecule has 0 heterocycles. The minimum Gasteiger partial charge on any atom is -0.0836 e. The van der Waals surface area contributed by atoms with Crippen molar-refractivity contribution >= 4 is 5.57 Å². The van der Waals surface area contributed by atoms with Crippen molar-refractivity contribution in [1.29, 1.82) is 0 Å². The highest BCUT2D eigenvalue weighted by Crippen LogP contribution is 2.31. The van der Waals surface area contributed by atoms with E-state index in [-0.39, 0.29) is 0 Å². The Labute approximate surface area is 162 Å². The van der Waals surface area contributed by atoms with Gasteiger partial charge in [-0.05, 0) is 84.7 Å². The zero-order valence-electron chi connectivity index (χ0n) is 16.4. The highest BCUT2D eigenvalue weighted by molar-refractivity contribution is 5.80. The predicted octanol–water partition coefficient (Wildman–Crippen LogP) is 7.68. The summed E-state index contributed by atoms with van der Waals surface area (Å²) < 4.78 is 0. The van der Waals surface area contributed by atoms with Crippen LogP contribution in [0.4, 0.5) is 0 Å². The van der Waals surface area contributed by atoms with E-state index in [4.69, 9.17) is 0 Å². The Morgan fingerprint density at radius 3 is 1.74 bits per heavy atom. The van der Waals surface area contributed by atoms with Crippen LogP contribution in [-0.4, -0.2) is 0 Å². The van der Waals surface area contributed by atoms with Gasteiger partial charge in [0.1, 0.15) is 0 Å². The van der Waals surface area contributed by atoms with Crippen LogP contribution in [0.2, 0.25) is 0 Å². The fourth-order valence-electron chi connectivity index (χ4n) is 3.96. The SMILES string of the molecule is Cc1cc(C)cc(-c2cccc(-c3cc(C)cc(C4=CCCC=C4)c3)c2)c1. The largest absolute Gasteiger partial charge is 0.0836 e. The summed E-state index contributed by atoms with van der Waals surface area (Å²) in [6.07, 6.45) is 9.17. The van der Waals surface area contributed by atoms with Crippen LogP contribution < -0.4 is 0 Å². The lowest BCUT2D eigenvalue weighted by atomic mass is 9.92. The Balaban J connectivity index is 1.77. The molecule has 0 radical (unpaired) electrons. The van der Waals surface area contributed by atoms with Crippen LogP contribution in [0.5, 0.6) is 0 Å². The lowest BCUT2D eigenvalue weighted by molar-refractivity contribution is 1.04. The van der Waals surface area contributed by atoms with Gasteiger partial charge >= 0.3 is 0 Å². The van der Waals surface area contributed by atoms with E-state index in [0.29, 0.717) is 0 Å². The Kier molecular flexibility index (Phi) is 4.81. The van der Waals surface area contributed by atoms with Crippen LogP contribution in [0.15, 0.2) is 78.9 Å². The summed E-state index contributed by atoms with van der Waals surface area (Å²) >= 11 is 0. The normalized spacial score (nSPS) is 13.5. The molecule has 0 fully saturated rings. The third-order valence-electron chi connectivity index (χ3n) is 5.16. The zero-order chi connectivity index (χ0) is 18.8. The summed E-state index contributed by atoms with van der Waals surface area (Å²) in [5.74, 6) is 0. The van der Waals surface area contributed by atoms with Crippen molar-refractivity contribution in [2.24, 2.45) is 0 Å². The first-order chi connectivity index (χ1) is 13.1. The van der Waals surface area contributed by atoms with Gasteiger partial charge in [0.05, 0.1) is 0 Å². The van der Waals surface area contributed by atoms with Crippen molar-refractivity contribution in [1.82, 2.24) is 0 Å². The molecule has 0 aliphatic heterocycles. The van der Waals surface area contributed by atoms with E-state index in [1.165, 1.54) is 50.1 Å². The fraction of sp³-hybridized carbons (Fsp3) is 0.185. The predicted molar refractivity (Wildman–Crippen MR) is 118 cm³/mol. The summed E-state index contributed by atoms with van der Waals surface area (Å²) in [6, 6.07) is 22.6. The molecule has 0 spiro atoms. The molecule has 0 amide bonds. The molecule has 0 heteroatoms. The maximum atomic E-state index is 2.35. The van der Waals surface area contributed by atoms with E-state index in [1.807, 2.05) is 0 Å². The first kappa shape index (κ1) is 17.5. The van der Waals surface area contributed by atoms with Crippen molar-refractivity contribution in [3.8, 4) is 22.3 Å². The van der Waals surface area contributed by atoms with Crippen molar-refractivity contribution in [2.75, 3.05) is 0 Å².